The van der Waals surface area contributed by atoms with Gasteiger partial charge in [0.2, 0.25) is 5.91 Å². The van der Waals surface area contributed by atoms with Crippen LogP contribution in [0.25, 0.3) is 0 Å². The van der Waals surface area contributed by atoms with Gasteiger partial charge < -0.3 is 9.64 Å². The molecule has 1 amide bonds. The monoisotopic (exact) mass is 316 g/mol. The highest BCUT2D eigenvalue weighted by molar-refractivity contribution is 5.76. The van der Waals surface area contributed by atoms with Crippen LogP contribution in [0.1, 0.15) is 18.5 Å². The molecule has 7 nitrogen and oxygen atoms in total. The molecule has 0 unspecified atom stereocenters. The first-order valence-corrected chi connectivity index (χ1v) is 7.60. The largest absolute Gasteiger partial charge is 0.374 e. The van der Waals surface area contributed by atoms with E-state index in [2.05, 4.69) is 5.10 Å². The first-order valence-electron chi connectivity index (χ1n) is 7.60. The number of rotatable bonds is 3. The van der Waals surface area contributed by atoms with E-state index in [1.807, 2.05) is 37.3 Å². The van der Waals surface area contributed by atoms with Crippen molar-refractivity contribution in [1.82, 2.24) is 19.2 Å². The van der Waals surface area contributed by atoms with Gasteiger partial charge in [0.25, 0.3) is 0 Å². The van der Waals surface area contributed by atoms with Crippen LogP contribution < -0.4 is 5.69 Å². The van der Waals surface area contributed by atoms with Crippen molar-refractivity contribution in [1.29, 1.82) is 0 Å². The number of hydrogen-bond donors (Lipinski definition) is 0. The molecule has 3 rings (SSSR count). The van der Waals surface area contributed by atoms with Gasteiger partial charge in [0.05, 0.1) is 18.8 Å². The molecular weight excluding hydrogens is 296 g/mol. The number of amides is 1. The van der Waals surface area contributed by atoms with Crippen molar-refractivity contribution in [3.63, 3.8) is 0 Å². The van der Waals surface area contributed by atoms with Crippen molar-refractivity contribution in [3.8, 4) is 0 Å². The average Bonchev–Trinajstić information content (AvgIpc) is 2.87. The molecule has 0 N–H and O–H groups in total. The SMILES string of the molecule is C[C@@H]1CN(C(=O)Cn2ncn(C)c2=O)[C@@H](c2ccccc2)CO1. The molecule has 2 atom stereocenters. The number of benzene rings is 1. The van der Waals surface area contributed by atoms with Gasteiger partial charge in [0.1, 0.15) is 12.9 Å². The van der Waals surface area contributed by atoms with Crippen molar-refractivity contribution in [2.75, 3.05) is 13.2 Å². The summed E-state index contributed by atoms with van der Waals surface area (Å²) in [5, 5.41) is 3.96. The zero-order valence-electron chi connectivity index (χ0n) is 13.3. The minimum atomic E-state index is -0.295. The first-order chi connectivity index (χ1) is 11.1. The fourth-order valence-corrected chi connectivity index (χ4v) is 2.78. The molecule has 23 heavy (non-hydrogen) atoms. The Labute approximate surface area is 134 Å². The second-order valence-corrected chi connectivity index (χ2v) is 5.80. The van der Waals surface area contributed by atoms with Crippen molar-refractivity contribution in [2.24, 2.45) is 7.05 Å². The van der Waals surface area contributed by atoms with E-state index in [4.69, 9.17) is 4.74 Å². The molecule has 1 fully saturated rings. The van der Waals surface area contributed by atoms with Crippen LogP contribution in [0.4, 0.5) is 0 Å². The molecule has 0 spiro atoms. The normalized spacial score (nSPS) is 21.4. The molecule has 0 radical (unpaired) electrons. The van der Waals surface area contributed by atoms with Crippen molar-refractivity contribution >= 4 is 5.91 Å². The standard InChI is InChI=1S/C16H20N4O3/c1-12-8-19(14(10-23-12)13-6-4-3-5-7-13)15(21)9-20-16(22)18(2)11-17-20/h3-7,11-12,14H,8-10H2,1-2H3/t12-,14-/m1/s1. The van der Waals surface area contributed by atoms with Gasteiger partial charge >= 0.3 is 5.69 Å². The Morgan fingerprint density at radius 3 is 2.74 bits per heavy atom. The number of morpholine rings is 1. The minimum Gasteiger partial charge on any atom is -0.374 e. The Kier molecular flexibility index (Phi) is 4.29. The summed E-state index contributed by atoms with van der Waals surface area (Å²) in [6.07, 6.45) is 1.38. The first kappa shape index (κ1) is 15.5. The maximum atomic E-state index is 12.7. The summed E-state index contributed by atoms with van der Waals surface area (Å²) in [7, 11) is 1.61. The van der Waals surface area contributed by atoms with Crippen LogP contribution >= 0.6 is 0 Å². The molecule has 1 aliphatic rings. The Hall–Kier alpha value is -2.41. The molecule has 2 heterocycles. The molecule has 0 saturated carbocycles. The van der Waals surface area contributed by atoms with E-state index in [1.54, 1.807) is 11.9 Å². The van der Waals surface area contributed by atoms with Crippen LogP contribution in [0.2, 0.25) is 0 Å². The van der Waals surface area contributed by atoms with Gasteiger partial charge in [-0.1, -0.05) is 30.3 Å². The number of carbonyl (C=O) groups is 1. The third-order valence-electron chi connectivity index (χ3n) is 4.05. The topological polar surface area (TPSA) is 69.4 Å². The lowest BCUT2D eigenvalue weighted by molar-refractivity contribution is -0.145. The van der Waals surface area contributed by atoms with Crippen LogP contribution in [0.15, 0.2) is 41.5 Å². The Morgan fingerprint density at radius 2 is 2.09 bits per heavy atom. The predicted molar refractivity (Wildman–Crippen MR) is 83.8 cm³/mol. The number of ether oxygens (including phenoxy) is 1. The maximum absolute atomic E-state index is 12.7. The fourth-order valence-electron chi connectivity index (χ4n) is 2.78. The lowest BCUT2D eigenvalue weighted by Gasteiger charge is -2.39. The highest BCUT2D eigenvalue weighted by atomic mass is 16.5. The number of hydrogen-bond acceptors (Lipinski definition) is 4. The average molecular weight is 316 g/mol. The van der Waals surface area contributed by atoms with Gasteiger partial charge in [-0.15, -0.1) is 0 Å². The van der Waals surface area contributed by atoms with Gasteiger partial charge in [-0.2, -0.15) is 5.10 Å². The summed E-state index contributed by atoms with van der Waals surface area (Å²) >= 11 is 0. The van der Waals surface area contributed by atoms with Crippen molar-refractivity contribution in [3.05, 3.63) is 52.7 Å². The van der Waals surface area contributed by atoms with E-state index in [0.717, 1.165) is 5.56 Å². The zero-order valence-corrected chi connectivity index (χ0v) is 13.3. The summed E-state index contributed by atoms with van der Waals surface area (Å²) in [5.41, 5.74) is 0.733. The van der Waals surface area contributed by atoms with Crippen LogP contribution in [0, 0.1) is 0 Å². The number of aryl methyl sites for hydroxylation is 1. The molecule has 2 aromatic rings. The number of aromatic nitrogens is 3. The third-order valence-corrected chi connectivity index (χ3v) is 4.05. The van der Waals surface area contributed by atoms with Crippen LogP contribution in [0.3, 0.4) is 0 Å². The molecule has 1 aromatic carbocycles. The van der Waals surface area contributed by atoms with E-state index in [0.29, 0.717) is 13.2 Å². The molecule has 1 saturated heterocycles. The van der Waals surface area contributed by atoms with Gasteiger partial charge in [-0.05, 0) is 12.5 Å². The molecule has 7 heteroatoms. The summed E-state index contributed by atoms with van der Waals surface area (Å²) < 4.78 is 8.26. The summed E-state index contributed by atoms with van der Waals surface area (Å²) in [6.45, 7) is 2.83. The molecule has 122 valence electrons. The van der Waals surface area contributed by atoms with E-state index in [1.165, 1.54) is 15.6 Å². The van der Waals surface area contributed by atoms with Crippen LogP contribution in [-0.4, -0.2) is 44.4 Å². The third kappa shape index (κ3) is 3.19. The van der Waals surface area contributed by atoms with E-state index >= 15 is 0 Å². The van der Waals surface area contributed by atoms with Crippen molar-refractivity contribution in [2.45, 2.75) is 25.6 Å². The van der Waals surface area contributed by atoms with Gasteiger partial charge in [0, 0.05) is 13.6 Å². The molecule has 1 aromatic heterocycles. The van der Waals surface area contributed by atoms with Gasteiger partial charge in [0.15, 0.2) is 0 Å². The Morgan fingerprint density at radius 1 is 1.35 bits per heavy atom. The molecule has 1 aliphatic heterocycles. The smallest absolute Gasteiger partial charge is 0.345 e. The van der Waals surface area contributed by atoms with E-state index in [-0.39, 0.29) is 30.3 Å². The fraction of sp³-hybridized carbons (Fsp3) is 0.438. The van der Waals surface area contributed by atoms with E-state index < -0.39 is 0 Å². The highest BCUT2D eigenvalue weighted by Crippen LogP contribution is 2.26. The lowest BCUT2D eigenvalue weighted by Crippen LogP contribution is -2.48. The minimum absolute atomic E-state index is 0.0284. The number of nitrogens with zero attached hydrogens (tertiary/aromatic N) is 4. The Bertz CT molecular complexity index is 737. The highest BCUT2D eigenvalue weighted by Gasteiger charge is 2.31. The maximum Gasteiger partial charge on any atom is 0.345 e. The van der Waals surface area contributed by atoms with Crippen LogP contribution in [0.5, 0.6) is 0 Å². The number of carbonyl (C=O) groups excluding carboxylic acids is 1. The predicted octanol–water partition coefficient (Wildman–Crippen LogP) is 0.570. The zero-order chi connectivity index (χ0) is 16.4. The second-order valence-electron chi connectivity index (χ2n) is 5.80. The summed E-state index contributed by atoms with van der Waals surface area (Å²) in [4.78, 5) is 26.4. The van der Waals surface area contributed by atoms with E-state index in [9.17, 15) is 9.59 Å². The van der Waals surface area contributed by atoms with Crippen molar-refractivity contribution < 1.29 is 9.53 Å². The quantitative estimate of drug-likeness (QED) is 0.830. The molecule has 0 bridgehead atoms. The Balaban J connectivity index is 1.83. The second kappa shape index (κ2) is 6.37. The lowest BCUT2D eigenvalue weighted by atomic mass is 10.0. The molecule has 0 aliphatic carbocycles. The summed E-state index contributed by atoms with van der Waals surface area (Å²) in [5.74, 6) is -0.130. The van der Waals surface area contributed by atoms with Gasteiger partial charge in [-0.25, -0.2) is 9.48 Å². The summed E-state index contributed by atoms with van der Waals surface area (Å²) in [6, 6.07) is 9.65. The molecular formula is C16H20N4O3. The van der Waals surface area contributed by atoms with Crippen LogP contribution in [-0.2, 0) is 23.1 Å². The van der Waals surface area contributed by atoms with Gasteiger partial charge in [-0.3, -0.25) is 9.36 Å².